The lowest BCUT2D eigenvalue weighted by molar-refractivity contribution is -0.123. The number of anilines is 1. The minimum atomic E-state index is 0.172. The summed E-state index contributed by atoms with van der Waals surface area (Å²) in [4.78, 5) is 19.1. The third-order valence-corrected chi connectivity index (χ3v) is 4.35. The average Bonchev–Trinajstić information content (AvgIpc) is 2.61. The second kappa shape index (κ2) is 7.21. The zero-order valence-electron chi connectivity index (χ0n) is 12.8. The Hall–Kier alpha value is -2.16. The maximum atomic E-state index is 13.0. The molecule has 1 aromatic carbocycles. The third kappa shape index (κ3) is 3.53. The Morgan fingerprint density at radius 2 is 1.82 bits per heavy atom. The molecule has 1 saturated carbocycles. The number of para-hydroxylation sites is 1. The van der Waals surface area contributed by atoms with Crippen molar-refractivity contribution >= 4 is 11.6 Å². The van der Waals surface area contributed by atoms with E-state index < -0.39 is 0 Å². The van der Waals surface area contributed by atoms with Crippen LogP contribution in [0.4, 0.5) is 5.69 Å². The van der Waals surface area contributed by atoms with Gasteiger partial charge in [-0.2, -0.15) is 0 Å². The molecule has 0 saturated heterocycles. The van der Waals surface area contributed by atoms with E-state index in [0.717, 1.165) is 24.1 Å². The van der Waals surface area contributed by atoms with Gasteiger partial charge >= 0.3 is 0 Å². The first-order valence-electron chi connectivity index (χ1n) is 8.10. The summed E-state index contributed by atoms with van der Waals surface area (Å²) in [5, 5.41) is 0. The minimum absolute atomic E-state index is 0.172. The van der Waals surface area contributed by atoms with E-state index in [9.17, 15) is 4.79 Å². The molecule has 0 bridgehead atoms. The maximum absolute atomic E-state index is 13.0. The summed E-state index contributed by atoms with van der Waals surface area (Å²) < 4.78 is 0. The Kier molecular flexibility index (Phi) is 4.84. The van der Waals surface area contributed by atoms with E-state index in [4.69, 9.17) is 0 Å². The molecular weight excluding hydrogens is 272 g/mol. The van der Waals surface area contributed by atoms with Crippen molar-refractivity contribution in [1.82, 2.24) is 4.98 Å². The first kappa shape index (κ1) is 14.8. The lowest BCUT2D eigenvalue weighted by Gasteiger charge is -2.29. The normalized spacial score (nSPS) is 15.5. The summed E-state index contributed by atoms with van der Waals surface area (Å²) >= 11 is 0. The summed E-state index contributed by atoms with van der Waals surface area (Å²) in [5.41, 5.74) is 2.04. The predicted octanol–water partition coefficient (Wildman–Crippen LogP) is 4.20. The topological polar surface area (TPSA) is 33.2 Å². The van der Waals surface area contributed by atoms with Gasteiger partial charge < -0.3 is 4.90 Å². The molecule has 22 heavy (non-hydrogen) atoms. The lowest BCUT2D eigenvalue weighted by Crippen LogP contribution is -2.36. The van der Waals surface area contributed by atoms with Crippen LogP contribution in [-0.4, -0.2) is 10.9 Å². The molecule has 3 nitrogen and oxygen atoms in total. The van der Waals surface area contributed by atoms with Crippen LogP contribution in [0.5, 0.6) is 0 Å². The van der Waals surface area contributed by atoms with Gasteiger partial charge in [-0.3, -0.25) is 9.78 Å². The molecule has 0 N–H and O–H groups in total. The highest BCUT2D eigenvalue weighted by Gasteiger charge is 2.26. The van der Waals surface area contributed by atoms with Crippen LogP contribution in [0.15, 0.2) is 54.9 Å². The Labute approximate surface area is 132 Å². The van der Waals surface area contributed by atoms with Gasteiger partial charge in [-0.05, 0) is 36.6 Å². The van der Waals surface area contributed by atoms with Crippen LogP contribution < -0.4 is 4.90 Å². The molecule has 3 heteroatoms. The second-order valence-corrected chi connectivity index (χ2v) is 5.96. The van der Waals surface area contributed by atoms with Crippen LogP contribution in [0.2, 0.25) is 0 Å². The van der Waals surface area contributed by atoms with Crippen LogP contribution in [0, 0.1) is 5.92 Å². The van der Waals surface area contributed by atoms with E-state index in [1.54, 1.807) is 6.20 Å². The monoisotopic (exact) mass is 294 g/mol. The zero-order valence-corrected chi connectivity index (χ0v) is 12.8. The fraction of sp³-hybridized carbons (Fsp3) is 0.368. The molecule has 1 aliphatic rings. The first-order chi connectivity index (χ1) is 10.8. The Bertz CT molecular complexity index is 591. The van der Waals surface area contributed by atoms with Crippen molar-refractivity contribution in [3.8, 4) is 0 Å². The number of rotatable bonds is 4. The number of pyridine rings is 1. The Balaban J connectivity index is 1.84. The van der Waals surface area contributed by atoms with Gasteiger partial charge in [0.1, 0.15) is 0 Å². The molecule has 0 unspecified atom stereocenters. The number of amides is 1. The number of hydrogen-bond acceptors (Lipinski definition) is 2. The number of carbonyl (C=O) groups is 1. The molecule has 1 fully saturated rings. The second-order valence-electron chi connectivity index (χ2n) is 5.96. The smallest absolute Gasteiger partial charge is 0.230 e. The molecule has 3 rings (SSSR count). The molecule has 1 aliphatic carbocycles. The van der Waals surface area contributed by atoms with Gasteiger partial charge in [0.05, 0.1) is 6.54 Å². The van der Waals surface area contributed by atoms with E-state index >= 15 is 0 Å². The van der Waals surface area contributed by atoms with Crippen molar-refractivity contribution in [3.05, 3.63) is 60.4 Å². The highest BCUT2D eigenvalue weighted by molar-refractivity contribution is 5.95. The van der Waals surface area contributed by atoms with E-state index in [1.807, 2.05) is 53.6 Å². The molecule has 1 aromatic heterocycles. The summed E-state index contributed by atoms with van der Waals surface area (Å²) in [6, 6.07) is 13.9. The van der Waals surface area contributed by atoms with E-state index in [0.29, 0.717) is 6.54 Å². The number of nitrogens with zero attached hydrogens (tertiary/aromatic N) is 2. The number of carbonyl (C=O) groups excluding carboxylic acids is 1. The molecule has 1 amide bonds. The first-order valence-corrected chi connectivity index (χ1v) is 8.10. The minimum Gasteiger partial charge on any atom is -0.308 e. The molecule has 114 valence electrons. The van der Waals surface area contributed by atoms with Crippen molar-refractivity contribution in [2.75, 3.05) is 4.90 Å². The molecular formula is C19H22N2O. The standard InChI is InChI=1S/C19H22N2O/c22-19(17-9-3-1-4-10-17)21(18-11-5-2-6-12-18)15-16-8-7-13-20-14-16/h2,5-8,11-14,17H,1,3-4,9-10,15H2. The molecule has 0 atom stereocenters. The summed E-state index contributed by atoms with van der Waals surface area (Å²) in [7, 11) is 0. The molecule has 0 spiro atoms. The summed E-state index contributed by atoms with van der Waals surface area (Å²) in [6.07, 6.45) is 9.25. The van der Waals surface area contributed by atoms with E-state index in [-0.39, 0.29) is 11.8 Å². The van der Waals surface area contributed by atoms with Crippen molar-refractivity contribution in [2.24, 2.45) is 5.92 Å². The zero-order chi connectivity index (χ0) is 15.2. The van der Waals surface area contributed by atoms with Gasteiger partial charge in [0.15, 0.2) is 0 Å². The molecule has 1 heterocycles. The highest BCUT2D eigenvalue weighted by atomic mass is 16.2. The maximum Gasteiger partial charge on any atom is 0.230 e. The van der Waals surface area contributed by atoms with Crippen molar-refractivity contribution in [1.29, 1.82) is 0 Å². The average molecular weight is 294 g/mol. The van der Waals surface area contributed by atoms with Crippen LogP contribution >= 0.6 is 0 Å². The van der Waals surface area contributed by atoms with Crippen molar-refractivity contribution in [3.63, 3.8) is 0 Å². The van der Waals surface area contributed by atoms with E-state index in [1.165, 1.54) is 19.3 Å². The van der Waals surface area contributed by atoms with Gasteiger partial charge in [-0.25, -0.2) is 0 Å². The van der Waals surface area contributed by atoms with Crippen LogP contribution in [0.1, 0.15) is 37.7 Å². The molecule has 0 radical (unpaired) electrons. The summed E-state index contributed by atoms with van der Waals surface area (Å²) in [6.45, 7) is 0.590. The fourth-order valence-electron chi connectivity index (χ4n) is 3.15. The van der Waals surface area contributed by atoms with Crippen LogP contribution in [0.3, 0.4) is 0 Å². The van der Waals surface area contributed by atoms with Gasteiger partial charge in [0.2, 0.25) is 5.91 Å². The Morgan fingerprint density at radius 3 is 2.50 bits per heavy atom. The van der Waals surface area contributed by atoms with Crippen LogP contribution in [0.25, 0.3) is 0 Å². The molecule has 2 aromatic rings. The van der Waals surface area contributed by atoms with Crippen LogP contribution in [-0.2, 0) is 11.3 Å². The summed E-state index contributed by atoms with van der Waals surface area (Å²) in [5.74, 6) is 0.431. The highest BCUT2D eigenvalue weighted by Crippen LogP contribution is 2.28. The van der Waals surface area contributed by atoms with Crippen molar-refractivity contribution < 1.29 is 4.79 Å². The van der Waals surface area contributed by atoms with Gasteiger partial charge in [-0.1, -0.05) is 43.5 Å². The van der Waals surface area contributed by atoms with Gasteiger partial charge in [-0.15, -0.1) is 0 Å². The Morgan fingerprint density at radius 1 is 1.05 bits per heavy atom. The predicted molar refractivity (Wildman–Crippen MR) is 88.4 cm³/mol. The number of hydrogen-bond donors (Lipinski definition) is 0. The SMILES string of the molecule is O=C(C1CCCCC1)N(Cc1cccnc1)c1ccccc1. The fourth-order valence-corrected chi connectivity index (χ4v) is 3.15. The third-order valence-electron chi connectivity index (χ3n) is 4.35. The molecule has 0 aliphatic heterocycles. The van der Waals surface area contributed by atoms with Crippen molar-refractivity contribution in [2.45, 2.75) is 38.6 Å². The van der Waals surface area contributed by atoms with Gasteiger partial charge in [0.25, 0.3) is 0 Å². The van der Waals surface area contributed by atoms with E-state index in [2.05, 4.69) is 4.98 Å². The number of aromatic nitrogens is 1. The lowest BCUT2D eigenvalue weighted by atomic mass is 9.88. The van der Waals surface area contributed by atoms with Gasteiger partial charge in [0, 0.05) is 24.0 Å². The number of benzene rings is 1. The quantitative estimate of drug-likeness (QED) is 0.847. The largest absolute Gasteiger partial charge is 0.308 e.